The second-order valence-corrected chi connectivity index (χ2v) is 10.2. The molecule has 0 N–H and O–H groups in total. The smallest absolute Gasteiger partial charge is 0.219 e. The highest BCUT2D eigenvalue weighted by molar-refractivity contribution is 5.73. The Labute approximate surface area is 207 Å². The minimum Gasteiger partial charge on any atom is -0.340 e. The fourth-order valence-electron chi connectivity index (χ4n) is 6.11. The van der Waals surface area contributed by atoms with Gasteiger partial charge in [0.15, 0.2) is 0 Å². The normalized spacial score (nSPS) is 22.8. The van der Waals surface area contributed by atoms with E-state index in [2.05, 4.69) is 14.7 Å². The lowest BCUT2D eigenvalue weighted by molar-refractivity contribution is -0.130. The van der Waals surface area contributed by atoms with Crippen molar-refractivity contribution in [2.45, 2.75) is 44.6 Å². The number of fused-ring (bicyclic) bond motifs is 3. The first-order valence-corrected chi connectivity index (χ1v) is 13.0. The second-order valence-electron chi connectivity index (χ2n) is 10.2. The van der Waals surface area contributed by atoms with E-state index in [1.807, 2.05) is 23.1 Å². The summed E-state index contributed by atoms with van der Waals surface area (Å²) in [4.78, 5) is 20.7. The zero-order valence-electron chi connectivity index (χ0n) is 20.6. The highest BCUT2D eigenvalue weighted by Gasteiger charge is 2.42. The lowest BCUT2D eigenvalue weighted by atomic mass is 9.89. The van der Waals surface area contributed by atoms with E-state index in [1.54, 1.807) is 13.0 Å². The molecule has 2 atom stereocenters. The minimum atomic E-state index is -0.239. The second kappa shape index (κ2) is 10.6. The maximum Gasteiger partial charge on any atom is 0.219 e. The molecule has 0 aliphatic carbocycles. The summed E-state index contributed by atoms with van der Waals surface area (Å²) >= 11 is 0. The summed E-state index contributed by atoms with van der Waals surface area (Å²) in [5, 5.41) is 0. The number of hydrogen-bond acceptors (Lipinski definition) is 4. The quantitative estimate of drug-likeness (QED) is 0.540. The van der Waals surface area contributed by atoms with Crippen LogP contribution < -0.4 is 4.90 Å². The van der Waals surface area contributed by atoms with Crippen LogP contribution in [0.25, 0.3) is 0 Å². The first-order chi connectivity index (χ1) is 17.0. The Morgan fingerprint density at radius 3 is 2.26 bits per heavy atom. The van der Waals surface area contributed by atoms with E-state index in [1.165, 1.54) is 37.5 Å². The number of amides is 1. The van der Waals surface area contributed by atoms with E-state index in [9.17, 15) is 13.6 Å². The minimum absolute atomic E-state index is 0.182. The van der Waals surface area contributed by atoms with Gasteiger partial charge in [-0.25, -0.2) is 8.78 Å². The van der Waals surface area contributed by atoms with Crippen LogP contribution in [0.2, 0.25) is 0 Å². The number of carbonyl (C=O) groups is 1. The Bertz CT molecular complexity index is 1020. The molecular weight excluding hydrogens is 446 g/mol. The van der Waals surface area contributed by atoms with Gasteiger partial charge in [0.2, 0.25) is 5.91 Å². The fourth-order valence-corrected chi connectivity index (χ4v) is 6.11. The standard InChI is InChI=1S/C28H36F2N4O/c1-21(35)33-17-15-31(16-18-33)12-3-2-4-13-32-14-11-28-26(20-32)25-19-23(30)7-10-27(25)34(28)24-8-5-22(29)6-9-24/h5-10,19,26,28H,2-4,11-18,20H2,1H3. The number of piperidine rings is 1. The van der Waals surface area contributed by atoms with Crippen molar-refractivity contribution in [3.8, 4) is 0 Å². The van der Waals surface area contributed by atoms with Crippen molar-refractivity contribution >= 4 is 17.3 Å². The molecule has 5 rings (SSSR count). The Morgan fingerprint density at radius 1 is 0.857 bits per heavy atom. The fraction of sp³-hybridized carbons (Fsp3) is 0.536. The summed E-state index contributed by atoms with van der Waals surface area (Å²) in [7, 11) is 0. The summed E-state index contributed by atoms with van der Waals surface area (Å²) in [6.07, 6.45) is 4.57. The van der Waals surface area contributed by atoms with E-state index in [4.69, 9.17) is 0 Å². The number of rotatable bonds is 7. The molecule has 188 valence electrons. The Kier molecular flexibility index (Phi) is 7.35. The van der Waals surface area contributed by atoms with Crippen LogP contribution >= 0.6 is 0 Å². The van der Waals surface area contributed by atoms with Crippen LogP contribution in [0.1, 0.15) is 44.1 Å². The van der Waals surface area contributed by atoms with Gasteiger partial charge in [-0.2, -0.15) is 0 Å². The van der Waals surface area contributed by atoms with Gasteiger partial charge in [0, 0.05) is 69.5 Å². The molecule has 2 saturated heterocycles. The van der Waals surface area contributed by atoms with Crippen LogP contribution in [-0.2, 0) is 4.79 Å². The van der Waals surface area contributed by atoms with Gasteiger partial charge in [-0.15, -0.1) is 0 Å². The predicted octanol–water partition coefficient (Wildman–Crippen LogP) is 4.61. The molecular formula is C28H36F2N4O. The van der Waals surface area contributed by atoms with Gasteiger partial charge in [0.25, 0.3) is 0 Å². The molecule has 0 aromatic heterocycles. The average molecular weight is 483 g/mol. The van der Waals surface area contributed by atoms with E-state index in [0.29, 0.717) is 0 Å². The molecule has 3 heterocycles. The van der Waals surface area contributed by atoms with Gasteiger partial charge < -0.3 is 14.7 Å². The summed E-state index contributed by atoms with van der Waals surface area (Å²) in [5.41, 5.74) is 3.11. The van der Waals surface area contributed by atoms with Crippen molar-refractivity contribution in [3.05, 3.63) is 59.7 Å². The number of benzene rings is 2. The topological polar surface area (TPSA) is 30.0 Å². The molecule has 2 aromatic carbocycles. The molecule has 2 aromatic rings. The van der Waals surface area contributed by atoms with Crippen molar-refractivity contribution in [1.29, 1.82) is 0 Å². The molecule has 1 amide bonds. The van der Waals surface area contributed by atoms with Crippen LogP contribution in [0, 0.1) is 11.6 Å². The molecule has 3 aliphatic rings. The molecule has 35 heavy (non-hydrogen) atoms. The first-order valence-electron chi connectivity index (χ1n) is 13.0. The van der Waals surface area contributed by atoms with Crippen LogP contribution in [0.3, 0.4) is 0 Å². The zero-order chi connectivity index (χ0) is 24.4. The van der Waals surface area contributed by atoms with Crippen LogP contribution in [0.15, 0.2) is 42.5 Å². The zero-order valence-corrected chi connectivity index (χ0v) is 20.6. The van der Waals surface area contributed by atoms with Gasteiger partial charge in [-0.05, 0) is 80.4 Å². The summed E-state index contributed by atoms with van der Waals surface area (Å²) in [6.45, 7) is 9.46. The molecule has 0 saturated carbocycles. The summed E-state index contributed by atoms with van der Waals surface area (Å²) in [6, 6.07) is 12.1. The Morgan fingerprint density at radius 2 is 1.54 bits per heavy atom. The SMILES string of the molecule is CC(=O)N1CCN(CCCCCN2CCC3C(C2)c2cc(F)ccc2N3c2ccc(F)cc2)CC1. The summed E-state index contributed by atoms with van der Waals surface area (Å²) < 4.78 is 27.7. The lowest BCUT2D eigenvalue weighted by Crippen LogP contribution is -2.48. The van der Waals surface area contributed by atoms with E-state index >= 15 is 0 Å². The van der Waals surface area contributed by atoms with Gasteiger partial charge in [-0.3, -0.25) is 9.69 Å². The van der Waals surface area contributed by atoms with Crippen LogP contribution in [-0.4, -0.2) is 79.0 Å². The first kappa shape index (κ1) is 24.2. The number of anilines is 2. The number of piperazine rings is 1. The molecule has 2 fully saturated rings. The largest absolute Gasteiger partial charge is 0.340 e. The average Bonchev–Trinajstić information content (AvgIpc) is 3.17. The number of halogens is 2. The van der Waals surface area contributed by atoms with Crippen LogP contribution in [0.5, 0.6) is 0 Å². The van der Waals surface area contributed by atoms with Crippen molar-refractivity contribution < 1.29 is 13.6 Å². The number of nitrogens with zero attached hydrogens (tertiary/aromatic N) is 4. The molecule has 3 aliphatic heterocycles. The molecule has 5 nitrogen and oxygen atoms in total. The van der Waals surface area contributed by atoms with E-state index in [0.717, 1.165) is 75.7 Å². The van der Waals surface area contributed by atoms with E-state index in [-0.39, 0.29) is 29.5 Å². The van der Waals surface area contributed by atoms with Crippen molar-refractivity contribution in [3.63, 3.8) is 0 Å². The van der Waals surface area contributed by atoms with Gasteiger partial charge >= 0.3 is 0 Å². The van der Waals surface area contributed by atoms with Crippen LogP contribution in [0.4, 0.5) is 20.2 Å². The Hall–Kier alpha value is -2.51. The molecule has 7 heteroatoms. The maximum absolute atomic E-state index is 14.2. The van der Waals surface area contributed by atoms with Gasteiger partial charge in [0.1, 0.15) is 11.6 Å². The Balaban J connectivity index is 1.13. The monoisotopic (exact) mass is 482 g/mol. The van der Waals surface area contributed by atoms with Gasteiger partial charge in [0.05, 0.1) is 0 Å². The lowest BCUT2D eigenvalue weighted by Gasteiger charge is -2.39. The third kappa shape index (κ3) is 5.36. The maximum atomic E-state index is 14.2. The highest BCUT2D eigenvalue weighted by atomic mass is 19.1. The third-order valence-corrected chi connectivity index (χ3v) is 8.01. The van der Waals surface area contributed by atoms with E-state index < -0.39 is 0 Å². The highest BCUT2D eigenvalue weighted by Crippen LogP contribution is 2.48. The van der Waals surface area contributed by atoms with Gasteiger partial charge in [-0.1, -0.05) is 6.42 Å². The third-order valence-electron chi connectivity index (χ3n) is 8.01. The number of hydrogen-bond donors (Lipinski definition) is 0. The molecule has 0 radical (unpaired) electrons. The molecule has 2 unspecified atom stereocenters. The predicted molar refractivity (Wildman–Crippen MR) is 135 cm³/mol. The molecule has 0 bridgehead atoms. The number of unbranched alkanes of at least 4 members (excludes halogenated alkanes) is 2. The van der Waals surface area contributed by atoms with Crippen molar-refractivity contribution in [2.24, 2.45) is 0 Å². The number of likely N-dealkylation sites (tertiary alicyclic amines) is 1. The number of carbonyl (C=O) groups excluding carboxylic acids is 1. The summed E-state index contributed by atoms with van der Waals surface area (Å²) in [5.74, 6) is 0.0144. The van der Waals surface area contributed by atoms with Crippen molar-refractivity contribution in [2.75, 3.05) is 57.3 Å². The van der Waals surface area contributed by atoms with Crippen molar-refractivity contribution in [1.82, 2.24) is 14.7 Å². The molecule has 0 spiro atoms.